The Labute approximate surface area is 164 Å². The molecule has 2 aromatic rings. The van der Waals surface area contributed by atoms with E-state index in [2.05, 4.69) is 5.32 Å². The summed E-state index contributed by atoms with van der Waals surface area (Å²) in [6.07, 6.45) is -3.08. The number of carbonyl (C=O) groups excluding carboxylic acids is 1. The molecule has 1 N–H and O–H groups in total. The van der Waals surface area contributed by atoms with Crippen molar-refractivity contribution in [3.05, 3.63) is 53.3 Å². The zero-order valence-corrected chi connectivity index (χ0v) is 15.7. The van der Waals surface area contributed by atoms with Gasteiger partial charge in [-0.2, -0.15) is 18.4 Å². The molecule has 0 bridgehead atoms. The van der Waals surface area contributed by atoms with Gasteiger partial charge in [0.05, 0.1) is 17.1 Å². The summed E-state index contributed by atoms with van der Waals surface area (Å²) in [6, 6.07) is 8.56. The minimum absolute atomic E-state index is 0.0257. The monoisotopic (exact) mass is 424 g/mol. The van der Waals surface area contributed by atoms with Gasteiger partial charge in [0.2, 0.25) is 0 Å². The fraction of sp³-hybridized carbons (Fsp3) is 0.263. The molecule has 1 aliphatic rings. The van der Waals surface area contributed by atoms with Crippen molar-refractivity contribution in [1.29, 1.82) is 5.26 Å². The average molecular weight is 424 g/mol. The first-order valence-electron chi connectivity index (χ1n) is 8.48. The zero-order valence-electron chi connectivity index (χ0n) is 14.9. The van der Waals surface area contributed by atoms with Crippen LogP contribution in [-0.2, 0) is 20.8 Å². The SMILES string of the molecule is N#C/C(=C/c1ccc(-c2cccc(C(F)(F)F)c2)o1)C(=O)N[C@@H]1CCS(=O)(=O)C1. The number of hydrogen-bond donors (Lipinski definition) is 1. The van der Waals surface area contributed by atoms with Gasteiger partial charge in [-0.25, -0.2) is 8.42 Å². The van der Waals surface area contributed by atoms with Crippen molar-refractivity contribution < 1.29 is 30.8 Å². The van der Waals surface area contributed by atoms with E-state index in [0.717, 1.165) is 18.2 Å². The number of halogens is 3. The van der Waals surface area contributed by atoms with Gasteiger partial charge >= 0.3 is 6.18 Å². The topological polar surface area (TPSA) is 100 Å². The first-order chi connectivity index (χ1) is 13.6. The third kappa shape index (κ3) is 5.06. The Kier molecular flexibility index (Phi) is 5.53. The standard InChI is InChI=1S/C19H15F3N2O4S/c20-19(21,22)14-3-1-2-12(8-14)17-5-4-16(28-17)9-13(10-23)18(25)24-15-6-7-29(26,27)11-15/h1-5,8-9,15H,6-7,11H2,(H,24,25)/b13-9-/t15-/m1/s1. The zero-order chi connectivity index (χ0) is 21.2. The summed E-state index contributed by atoms with van der Waals surface area (Å²) in [5.41, 5.74) is -0.940. The van der Waals surface area contributed by atoms with Crippen LogP contribution >= 0.6 is 0 Å². The Morgan fingerprint density at radius 2 is 2.03 bits per heavy atom. The van der Waals surface area contributed by atoms with E-state index in [4.69, 9.17) is 4.42 Å². The van der Waals surface area contributed by atoms with E-state index in [0.29, 0.717) is 0 Å². The number of amides is 1. The molecule has 0 spiro atoms. The van der Waals surface area contributed by atoms with Crippen LogP contribution in [0, 0.1) is 11.3 Å². The number of rotatable bonds is 4. The molecule has 1 amide bonds. The van der Waals surface area contributed by atoms with Crippen LogP contribution in [0.1, 0.15) is 17.7 Å². The van der Waals surface area contributed by atoms with Gasteiger partial charge in [-0.05, 0) is 30.7 Å². The summed E-state index contributed by atoms with van der Waals surface area (Å²) in [6.45, 7) is 0. The van der Waals surface area contributed by atoms with Gasteiger partial charge < -0.3 is 9.73 Å². The second kappa shape index (κ2) is 7.75. The van der Waals surface area contributed by atoms with E-state index >= 15 is 0 Å². The molecule has 6 nitrogen and oxygen atoms in total. The normalized spacial score (nSPS) is 19.0. The molecule has 1 saturated heterocycles. The van der Waals surface area contributed by atoms with Gasteiger partial charge in [-0.15, -0.1) is 0 Å². The molecule has 0 aliphatic carbocycles. The van der Waals surface area contributed by atoms with E-state index in [-0.39, 0.29) is 40.6 Å². The largest absolute Gasteiger partial charge is 0.457 e. The fourth-order valence-electron chi connectivity index (χ4n) is 2.90. The molecular weight excluding hydrogens is 409 g/mol. The Hall–Kier alpha value is -3.06. The maximum absolute atomic E-state index is 12.9. The summed E-state index contributed by atoms with van der Waals surface area (Å²) in [5, 5.41) is 11.7. The molecule has 1 atom stereocenters. The van der Waals surface area contributed by atoms with Crippen LogP contribution in [0.15, 0.2) is 46.4 Å². The van der Waals surface area contributed by atoms with Gasteiger partial charge in [-0.1, -0.05) is 12.1 Å². The van der Waals surface area contributed by atoms with Crippen LogP contribution in [0.4, 0.5) is 13.2 Å². The number of carbonyl (C=O) groups is 1. The second-order valence-corrected chi connectivity index (χ2v) is 8.75. The molecular formula is C19H15F3N2O4S. The predicted octanol–water partition coefficient (Wildman–Crippen LogP) is 3.18. The summed E-state index contributed by atoms with van der Waals surface area (Å²) < 4.78 is 66.9. The molecule has 0 saturated carbocycles. The Morgan fingerprint density at radius 1 is 1.28 bits per heavy atom. The van der Waals surface area contributed by atoms with Crippen molar-refractivity contribution in [3.63, 3.8) is 0 Å². The molecule has 152 valence electrons. The van der Waals surface area contributed by atoms with Crippen molar-refractivity contribution in [2.45, 2.75) is 18.6 Å². The molecule has 3 rings (SSSR count). The molecule has 0 unspecified atom stereocenters. The van der Waals surface area contributed by atoms with Crippen LogP contribution in [0.25, 0.3) is 17.4 Å². The van der Waals surface area contributed by atoms with E-state index in [1.54, 1.807) is 6.07 Å². The minimum atomic E-state index is -4.49. The van der Waals surface area contributed by atoms with E-state index in [9.17, 15) is 31.6 Å². The third-order valence-corrected chi connectivity index (χ3v) is 6.09. The molecule has 10 heteroatoms. The van der Waals surface area contributed by atoms with Crippen LogP contribution < -0.4 is 5.32 Å². The van der Waals surface area contributed by atoms with E-state index in [1.165, 1.54) is 24.3 Å². The van der Waals surface area contributed by atoms with E-state index in [1.807, 2.05) is 0 Å². The number of nitriles is 1. The summed E-state index contributed by atoms with van der Waals surface area (Å²) in [5.74, 6) is -0.711. The van der Waals surface area contributed by atoms with Crippen LogP contribution in [0.5, 0.6) is 0 Å². The summed E-state index contributed by atoms with van der Waals surface area (Å²) in [7, 11) is -3.19. The van der Waals surface area contributed by atoms with Crippen LogP contribution in [0.2, 0.25) is 0 Å². The van der Waals surface area contributed by atoms with Gasteiger partial charge in [0, 0.05) is 17.7 Å². The maximum Gasteiger partial charge on any atom is 0.416 e. The molecule has 2 heterocycles. The molecule has 1 aromatic heterocycles. The number of benzene rings is 1. The maximum atomic E-state index is 12.9. The van der Waals surface area contributed by atoms with Crippen molar-refractivity contribution in [1.82, 2.24) is 5.32 Å². The van der Waals surface area contributed by atoms with Gasteiger partial charge in [0.15, 0.2) is 9.84 Å². The molecule has 1 aliphatic heterocycles. The molecule has 1 fully saturated rings. The highest BCUT2D eigenvalue weighted by Crippen LogP contribution is 2.32. The van der Waals surface area contributed by atoms with Crippen LogP contribution in [0.3, 0.4) is 0 Å². The lowest BCUT2D eigenvalue weighted by Crippen LogP contribution is -2.36. The summed E-state index contributed by atoms with van der Waals surface area (Å²) >= 11 is 0. The van der Waals surface area contributed by atoms with E-state index < -0.39 is 33.5 Å². The van der Waals surface area contributed by atoms with Gasteiger partial charge in [-0.3, -0.25) is 4.79 Å². The van der Waals surface area contributed by atoms with Crippen molar-refractivity contribution in [2.75, 3.05) is 11.5 Å². The highest BCUT2D eigenvalue weighted by Gasteiger charge is 2.31. The first kappa shape index (κ1) is 20.7. The highest BCUT2D eigenvalue weighted by atomic mass is 32.2. The second-order valence-electron chi connectivity index (χ2n) is 6.52. The lowest BCUT2D eigenvalue weighted by Gasteiger charge is -2.09. The number of hydrogen-bond acceptors (Lipinski definition) is 5. The molecule has 0 radical (unpaired) electrons. The minimum Gasteiger partial charge on any atom is -0.457 e. The number of furan rings is 1. The van der Waals surface area contributed by atoms with Crippen molar-refractivity contribution in [2.24, 2.45) is 0 Å². The third-order valence-electron chi connectivity index (χ3n) is 4.32. The fourth-order valence-corrected chi connectivity index (χ4v) is 4.57. The van der Waals surface area contributed by atoms with Crippen molar-refractivity contribution in [3.8, 4) is 17.4 Å². The molecule has 1 aromatic carbocycles. The summed E-state index contributed by atoms with van der Waals surface area (Å²) in [4.78, 5) is 12.2. The smallest absolute Gasteiger partial charge is 0.416 e. The number of alkyl halides is 3. The first-order valence-corrected chi connectivity index (χ1v) is 10.3. The molecule has 29 heavy (non-hydrogen) atoms. The Bertz CT molecular complexity index is 1110. The average Bonchev–Trinajstić information content (AvgIpc) is 3.25. The van der Waals surface area contributed by atoms with Crippen LogP contribution in [-0.4, -0.2) is 31.9 Å². The highest BCUT2D eigenvalue weighted by molar-refractivity contribution is 7.91. The lowest BCUT2D eigenvalue weighted by atomic mass is 10.1. The Balaban J connectivity index is 1.78. The van der Waals surface area contributed by atoms with Crippen molar-refractivity contribution >= 4 is 21.8 Å². The quantitative estimate of drug-likeness (QED) is 0.600. The van der Waals surface area contributed by atoms with Gasteiger partial charge in [0.25, 0.3) is 5.91 Å². The number of sulfone groups is 1. The predicted molar refractivity (Wildman–Crippen MR) is 97.9 cm³/mol. The number of nitrogens with one attached hydrogen (secondary N) is 1. The lowest BCUT2D eigenvalue weighted by molar-refractivity contribution is -0.137. The number of nitrogens with zero attached hydrogens (tertiary/aromatic N) is 1. The van der Waals surface area contributed by atoms with Gasteiger partial charge in [0.1, 0.15) is 23.2 Å². The Morgan fingerprint density at radius 3 is 2.66 bits per heavy atom.